The summed E-state index contributed by atoms with van der Waals surface area (Å²) in [5.74, 6) is -0.380. The van der Waals surface area contributed by atoms with Crippen LogP contribution in [-0.4, -0.2) is 142 Å². The van der Waals surface area contributed by atoms with E-state index in [2.05, 4.69) is 50.3 Å². The molecular formula is C51H92O14. The van der Waals surface area contributed by atoms with Crippen LogP contribution in [0.4, 0.5) is 0 Å². The van der Waals surface area contributed by atoms with Gasteiger partial charge in [-0.1, -0.05) is 166 Å². The third-order valence-corrected chi connectivity index (χ3v) is 12.2. The van der Waals surface area contributed by atoms with Crippen LogP contribution in [0, 0.1) is 0 Å². The molecule has 0 aromatic rings. The van der Waals surface area contributed by atoms with Crippen LogP contribution in [0.2, 0.25) is 0 Å². The Morgan fingerprint density at radius 3 is 1.57 bits per heavy atom. The van der Waals surface area contributed by atoms with Crippen LogP contribution in [0.5, 0.6) is 0 Å². The van der Waals surface area contributed by atoms with Crippen LogP contribution in [-0.2, 0) is 33.2 Å². The summed E-state index contributed by atoms with van der Waals surface area (Å²) in [7, 11) is 0. The number of allylic oxidation sites excluding steroid dienone is 6. The lowest BCUT2D eigenvalue weighted by atomic mass is 9.98. The Balaban J connectivity index is 1.78. The molecule has 2 fully saturated rings. The Hall–Kier alpha value is -1.79. The van der Waals surface area contributed by atoms with E-state index in [-0.39, 0.29) is 25.6 Å². The smallest absolute Gasteiger partial charge is 0.306 e. The molecule has 0 aliphatic carbocycles. The molecule has 14 heteroatoms. The van der Waals surface area contributed by atoms with Gasteiger partial charge in [0.05, 0.1) is 26.4 Å². The van der Waals surface area contributed by atoms with Crippen molar-refractivity contribution in [2.75, 3.05) is 33.0 Å². The first-order valence-electron chi connectivity index (χ1n) is 25.6. The fourth-order valence-corrected chi connectivity index (χ4v) is 8.01. The van der Waals surface area contributed by atoms with E-state index in [1.165, 1.54) is 83.5 Å². The molecule has 7 N–H and O–H groups in total. The summed E-state index contributed by atoms with van der Waals surface area (Å²) >= 11 is 0. The quantitative estimate of drug-likeness (QED) is 0.0181. The summed E-state index contributed by atoms with van der Waals surface area (Å²) in [5.41, 5.74) is 0. The highest BCUT2D eigenvalue weighted by Crippen LogP contribution is 2.26. The lowest BCUT2D eigenvalue weighted by molar-refractivity contribution is -0.332. The molecule has 11 unspecified atom stereocenters. The van der Waals surface area contributed by atoms with E-state index < -0.39 is 80.7 Å². The van der Waals surface area contributed by atoms with Crippen LogP contribution in [0.15, 0.2) is 36.5 Å². The van der Waals surface area contributed by atoms with Crippen LogP contribution in [0.3, 0.4) is 0 Å². The number of aliphatic hydroxyl groups excluding tert-OH is 7. The maximum absolute atomic E-state index is 13.0. The van der Waals surface area contributed by atoms with E-state index in [1.807, 2.05) is 0 Å². The van der Waals surface area contributed by atoms with Crippen LogP contribution >= 0.6 is 0 Å². The summed E-state index contributed by atoms with van der Waals surface area (Å²) < 4.78 is 34.3. The van der Waals surface area contributed by atoms with Crippen molar-refractivity contribution < 1.29 is 69.0 Å². The standard InChI is InChI=1S/C51H92O14/c1-3-5-7-9-11-13-15-17-19-21-23-25-27-29-31-33-35-60-37-40(63-43(53)34-32-30-28-26-24-22-20-18-16-14-12-10-8-6-4-2)38-61-50-49(59)47(57)45(55)42(65-50)39-62-51-48(58)46(56)44(54)41(36-52)64-51/h5,7,11,13,17,19,40-42,44-52,54-59H,3-4,6,8-10,12,14-16,18,20-39H2,1-2H3/b7-5-,13-11-,19-17-. The van der Waals surface area contributed by atoms with Gasteiger partial charge >= 0.3 is 5.97 Å². The predicted molar refractivity (Wildman–Crippen MR) is 252 cm³/mol. The van der Waals surface area contributed by atoms with Gasteiger partial charge < -0.3 is 64.2 Å². The molecule has 2 heterocycles. The Morgan fingerprint density at radius 2 is 1.00 bits per heavy atom. The largest absolute Gasteiger partial charge is 0.457 e. The number of ether oxygens (including phenoxy) is 6. The van der Waals surface area contributed by atoms with E-state index in [0.29, 0.717) is 13.0 Å². The van der Waals surface area contributed by atoms with Gasteiger partial charge in [0.2, 0.25) is 0 Å². The average molecular weight is 929 g/mol. The molecule has 380 valence electrons. The zero-order valence-corrected chi connectivity index (χ0v) is 40.2. The second-order valence-electron chi connectivity index (χ2n) is 18.0. The van der Waals surface area contributed by atoms with Crippen molar-refractivity contribution in [1.82, 2.24) is 0 Å². The first-order chi connectivity index (χ1) is 31.6. The second-order valence-corrected chi connectivity index (χ2v) is 18.0. The molecule has 11 atom stereocenters. The molecular weight excluding hydrogens is 837 g/mol. The van der Waals surface area contributed by atoms with Crippen molar-refractivity contribution in [1.29, 1.82) is 0 Å². The monoisotopic (exact) mass is 929 g/mol. The Kier molecular flexibility index (Phi) is 35.7. The van der Waals surface area contributed by atoms with Crippen molar-refractivity contribution >= 4 is 5.97 Å². The van der Waals surface area contributed by atoms with Gasteiger partial charge in [-0.2, -0.15) is 0 Å². The van der Waals surface area contributed by atoms with Gasteiger partial charge in [-0.25, -0.2) is 0 Å². The average Bonchev–Trinajstić information content (AvgIpc) is 3.30. The van der Waals surface area contributed by atoms with Gasteiger partial charge in [-0.15, -0.1) is 0 Å². The Labute approximate surface area is 391 Å². The molecule has 0 aromatic carbocycles. The molecule has 0 spiro atoms. The van der Waals surface area contributed by atoms with Crippen molar-refractivity contribution in [3.05, 3.63) is 36.5 Å². The van der Waals surface area contributed by atoms with Crippen LogP contribution < -0.4 is 0 Å². The fraction of sp³-hybridized carbons (Fsp3) is 0.863. The van der Waals surface area contributed by atoms with E-state index in [9.17, 15) is 40.5 Å². The highest BCUT2D eigenvalue weighted by molar-refractivity contribution is 5.69. The number of hydrogen-bond donors (Lipinski definition) is 7. The molecule has 0 amide bonds. The van der Waals surface area contributed by atoms with Crippen LogP contribution in [0.25, 0.3) is 0 Å². The molecule has 0 aromatic heterocycles. The van der Waals surface area contributed by atoms with Gasteiger partial charge in [0.15, 0.2) is 12.6 Å². The number of esters is 1. The molecule has 2 saturated heterocycles. The third-order valence-electron chi connectivity index (χ3n) is 12.2. The maximum atomic E-state index is 13.0. The highest BCUT2D eigenvalue weighted by Gasteiger charge is 2.47. The molecule has 2 aliphatic rings. The number of hydrogen-bond acceptors (Lipinski definition) is 14. The minimum Gasteiger partial charge on any atom is -0.457 e. The minimum atomic E-state index is -1.71. The topological polar surface area (TPSA) is 214 Å². The van der Waals surface area contributed by atoms with Crippen molar-refractivity contribution in [3.63, 3.8) is 0 Å². The molecule has 14 nitrogen and oxygen atoms in total. The van der Waals surface area contributed by atoms with Crippen molar-refractivity contribution in [2.24, 2.45) is 0 Å². The minimum absolute atomic E-state index is 0.0548. The molecule has 65 heavy (non-hydrogen) atoms. The molecule has 0 radical (unpaired) electrons. The van der Waals surface area contributed by atoms with Gasteiger partial charge in [-0.3, -0.25) is 4.79 Å². The Bertz CT molecular complexity index is 1220. The summed E-state index contributed by atoms with van der Waals surface area (Å²) in [5, 5.41) is 72.1. The lowest BCUT2D eigenvalue weighted by Gasteiger charge is -2.42. The third kappa shape index (κ3) is 27.1. The van der Waals surface area contributed by atoms with Gasteiger partial charge in [0.25, 0.3) is 0 Å². The van der Waals surface area contributed by atoms with Crippen molar-refractivity contribution in [3.8, 4) is 0 Å². The number of unbranched alkanes of at least 4 members (excludes halogenated alkanes) is 20. The van der Waals surface area contributed by atoms with Crippen LogP contribution in [0.1, 0.15) is 181 Å². The summed E-state index contributed by atoms with van der Waals surface area (Å²) in [6.45, 7) is 3.55. The first-order valence-corrected chi connectivity index (χ1v) is 25.6. The zero-order valence-electron chi connectivity index (χ0n) is 40.2. The molecule has 2 rings (SSSR count). The first kappa shape index (κ1) is 59.3. The Morgan fingerprint density at radius 1 is 0.523 bits per heavy atom. The lowest BCUT2D eigenvalue weighted by Crippen LogP contribution is -2.61. The maximum Gasteiger partial charge on any atom is 0.306 e. The van der Waals surface area contributed by atoms with E-state index >= 15 is 0 Å². The van der Waals surface area contributed by atoms with Gasteiger partial charge in [0.1, 0.15) is 54.9 Å². The summed E-state index contributed by atoms with van der Waals surface area (Å²) in [4.78, 5) is 13.0. The normalized spacial score (nSPS) is 26.8. The summed E-state index contributed by atoms with van der Waals surface area (Å²) in [6, 6.07) is 0. The predicted octanol–water partition coefficient (Wildman–Crippen LogP) is 7.41. The van der Waals surface area contributed by atoms with E-state index in [0.717, 1.165) is 70.6 Å². The fourth-order valence-electron chi connectivity index (χ4n) is 8.01. The second kappa shape index (κ2) is 39.1. The zero-order chi connectivity index (χ0) is 47.3. The molecule has 0 bridgehead atoms. The SMILES string of the molecule is CC/C=C\C/C=C\C/C=C\CCCCCCCCOCC(COC1OC(COC2OC(CO)C(O)C(O)C2O)C(O)C(O)C1O)OC(=O)CCCCCCCCCCCCCCCCC. The van der Waals surface area contributed by atoms with E-state index in [1.54, 1.807) is 0 Å². The van der Waals surface area contributed by atoms with E-state index in [4.69, 9.17) is 28.4 Å². The van der Waals surface area contributed by atoms with Gasteiger partial charge in [0, 0.05) is 13.0 Å². The summed E-state index contributed by atoms with van der Waals surface area (Å²) in [6.07, 6.45) is 26.3. The molecule has 2 aliphatic heterocycles. The number of aliphatic hydroxyl groups is 7. The number of carbonyl (C=O) groups excluding carboxylic acids is 1. The number of rotatable bonds is 40. The molecule has 0 saturated carbocycles. The van der Waals surface area contributed by atoms with Crippen molar-refractivity contribution in [2.45, 2.75) is 248 Å². The number of carbonyl (C=O) groups is 1. The van der Waals surface area contributed by atoms with Gasteiger partial charge in [-0.05, 0) is 44.9 Å². The highest BCUT2D eigenvalue weighted by atomic mass is 16.7.